The van der Waals surface area contributed by atoms with E-state index in [1.54, 1.807) is 0 Å². The highest BCUT2D eigenvalue weighted by molar-refractivity contribution is 6.35. The Hall–Kier alpha value is -5.66. The van der Waals surface area contributed by atoms with E-state index in [1.165, 1.54) is 76.4 Å². The summed E-state index contributed by atoms with van der Waals surface area (Å²) in [5.74, 6) is 0. The van der Waals surface area contributed by atoms with Crippen molar-refractivity contribution < 1.29 is 0 Å². The number of fused-ring (bicyclic) bond motifs is 10. The lowest BCUT2D eigenvalue weighted by atomic mass is 9.95. The van der Waals surface area contributed by atoms with Crippen LogP contribution in [0.4, 0.5) is 0 Å². The van der Waals surface area contributed by atoms with Gasteiger partial charge in [0.15, 0.2) is 0 Å². The second-order valence-electron chi connectivity index (χ2n) is 11.3. The summed E-state index contributed by atoms with van der Waals surface area (Å²) < 4.78 is 2.52. The average molecular weight is 546 g/mol. The highest BCUT2D eigenvalue weighted by atomic mass is 15.0. The maximum Gasteiger partial charge on any atom is 0.0626 e. The molecule has 0 radical (unpaired) electrons. The molecule has 1 nitrogen and oxygen atoms in total. The molecule has 1 heterocycles. The minimum atomic E-state index is 1.16. The first kappa shape index (κ1) is 24.0. The number of nitrogens with zero attached hydrogens (tertiary/aromatic N) is 1. The zero-order valence-electron chi connectivity index (χ0n) is 23.5. The van der Waals surface area contributed by atoms with Crippen LogP contribution < -0.4 is 0 Å². The Kier molecular flexibility index (Phi) is 5.27. The first-order valence-corrected chi connectivity index (χ1v) is 14.9. The topological polar surface area (TPSA) is 4.93 Å². The van der Waals surface area contributed by atoms with Gasteiger partial charge in [0.25, 0.3) is 0 Å². The molecule has 0 aliphatic carbocycles. The van der Waals surface area contributed by atoms with Crippen molar-refractivity contribution >= 4 is 54.1 Å². The third-order valence-electron chi connectivity index (χ3n) is 8.92. The molecule has 0 aliphatic rings. The minimum absolute atomic E-state index is 1.16. The summed E-state index contributed by atoms with van der Waals surface area (Å²) in [6, 6.07) is 59.7. The molecule has 0 spiro atoms. The molecular weight excluding hydrogens is 518 g/mol. The molecule has 0 atom stereocenters. The van der Waals surface area contributed by atoms with Gasteiger partial charge in [0.05, 0.1) is 11.0 Å². The SMILES string of the molecule is c1ccc(-c2cc(-c3ccccc3)cc(-n3c4ccc5ccccc5c4c4c5ccccc5c5ccccc5c43)c2)cc1. The van der Waals surface area contributed by atoms with Crippen molar-refractivity contribution in [1.29, 1.82) is 0 Å². The molecule has 0 amide bonds. The molecule has 9 rings (SSSR count). The van der Waals surface area contributed by atoms with Crippen LogP contribution in [0, 0.1) is 0 Å². The summed E-state index contributed by atoms with van der Waals surface area (Å²) in [5, 5.41) is 10.3. The summed E-state index contributed by atoms with van der Waals surface area (Å²) in [6.07, 6.45) is 0. The fourth-order valence-electron chi connectivity index (χ4n) is 7.04. The largest absolute Gasteiger partial charge is 0.309 e. The van der Waals surface area contributed by atoms with Gasteiger partial charge in [-0.3, -0.25) is 0 Å². The predicted octanol–water partition coefficient (Wildman–Crippen LogP) is 11.6. The quantitative estimate of drug-likeness (QED) is 0.195. The molecule has 0 saturated carbocycles. The molecule has 1 aromatic heterocycles. The van der Waals surface area contributed by atoms with Crippen LogP contribution in [-0.4, -0.2) is 4.57 Å². The first-order chi connectivity index (χ1) is 21.3. The van der Waals surface area contributed by atoms with E-state index in [1.807, 2.05) is 0 Å². The average Bonchev–Trinajstić information content (AvgIpc) is 3.45. The molecule has 0 unspecified atom stereocenters. The molecule has 43 heavy (non-hydrogen) atoms. The van der Waals surface area contributed by atoms with E-state index >= 15 is 0 Å². The predicted molar refractivity (Wildman–Crippen MR) is 184 cm³/mol. The molecule has 9 aromatic rings. The van der Waals surface area contributed by atoms with Crippen molar-refractivity contribution in [3.05, 3.63) is 164 Å². The molecule has 200 valence electrons. The summed E-state index contributed by atoms with van der Waals surface area (Å²) in [4.78, 5) is 0. The lowest BCUT2D eigenvalue weighted by Gasteiger charge is -2.15. The van der Waals surface area contributed by atoms with E-state index in [-0.39, 0.29) is 0 Å². The fourth-order valence-corrected chi connectivity index (χ4v) is 7.04. The van der Waals surface area contributed by atoms with Crippen LogP contribution in [0.2, 0.25) is 0 Å². The highest BCUT2D eigenvalue weighted by Crippen LogP contribution is 2.45. The fraction of sp³-hybridized carbons (Fsp3) is 0. The Morgan fingerprint density at radius 2 is 0.837 bits per heavy atom. The number of rotatable bonds is 3. The third kappa shape index (κ3) is 3.65. The molecule has 0 fully saturated rings. The highest BCUT2D eigenvalue weighted by Gasteiger charge is 2.21. The Morgan fingerprint density at radius 1 is 0.326 bits per heavy atom. The van der Waals surface area contributed by atoms with Crippen molar-refractivity contribution in [1.82, 2.24) is 4.57 Å². The maximum atomic E-state index is 2.52. The number of aromatic nitrogens is 1. The van der Waals surface area contributed by atoms with Crippen molar-refractivity contribution in [3.63, 3.8) is 0 Å². The minimum Gasteiger partial charge on any atom is -0.309 e. The summed E-state index contributed by atoms with van der Waals surface area (Å²) in [7, 11) is 0. The van der Waals surface area contributed by atoms with Crippen LogP contribution >= 0.6 is 0 Å². The molecule has 0 N–H and O–H groups in total. The van der Waals surface area contributed by atoms with Gasteiger partial charge in [0.2, 0.25) is 0 Å². The Morgan fingerprint density at radius 3 is 1.49 bits per heavy atom. The molecule has 0 bridgehead atoms. The Bertz CT molecular complexity index is 2430. The van der Waals surface area contributed by atoms with Crippen LogP contribution in [-0.2, 0) is 0 Å². The van der Waals surface area contributed by atoms with Gasteiger partial charge in [0, 0.05) is 21.8 Å². The number of hydrogen-bond acceptors (Lipinski definition) is 0. The standard InChI is InChI=1S/C42H27N/c1-3-13-28(14-4-1)31-25-32(29-15-5-2-6-16-29)27-33(26-31)43-39-24-23-30-17-7-8-18-34(30)40(39)41-37-21-11-9-19-35(37)36-20-10-12-22-38(36)42(41)43/h1-27H. The van der Waals surface area contributed by atoms with Crippen molar-refractivity contribution in [2.75, 3.05) is 0 Å². The van der Waals surface area contributed by atoms with E-state index in [4.69, 9.17) is 0 Å². The zero-order chi connectivity index (χ0) is 28.3. The number of hydrogen-bond donors (Lipinski definition) is 0. The van der Waals surface area contributed by atoms with Gasteiger partial charge in [-0.05, 0) is 73.5 Å². The lowest BCUT2D eigenvalue weighted by Crippen LogP contribution is -1.97. The van der Waals surface area contributed by atoms with Gasteiger partial charge in [-0.25, -0.2) is 0 Å². The van der Waals surface area contributed by atoms with Crippen LogP contribution in [0.25, 0.3) is 82.1 Å². The molecule has 0 saturated heterocycles. The van der Waals surface area contributed by atoms with Crippen molar-refractivity contribution in [2.24, 2.45) is 0 Å². The van der Waals surface area contributed by atoms with E-state index in [0.717, 1.165) is 5.69 Å². The Balaban J connectivity index is 1.52. The van der Waals surface area contributed by atoms with Gasteiger partial charge < -0.3 is 4.57 Å². The molecule has 1 heteroatoms. The second-order valence-corrected chi connectivity index (χ2v) is 11.3. The van der Waals surface area contributed by atoms with Gasteiger partial charge >= 0.3 is 0 Å². The summed E-state index contributed by atoms with van der Waals surface area (Å²) >= 11 is 0. The van der Waals surface area contributed by atoms with Gasteiger partial charge in [-0.15, -0.1) is 0 Å². The monoisotopic (exact) mass is 545 g/mol. The normalized spacial score (nSPS) is 11.7. The molecule has 8 aromatic carbocycles. The third-order valence-corrected chi connectivity index (χ3v) is 8.92. The van der Waals surface area contributed by atoms with Gasteiger partial charge in [-0.1, -0.05) is 140 Å². The van der Waals surface area contributed by atoms with Crippen LogP contribution in [0.5, 0.6) is 0 Å². The van der Waals surface area contributed by atoms with Gasteiger partial charge in [-0.2, -0.15) is 0 Å². The summed E-state index contributed by atoms with van der Waals surface area (Å²) in [5.41, 5.74) is 8.47. The van der Waals surface area contributed by atoms with E-state index in [2.05, 4.69) is 168 Å². The molecular formula is C42H27N. The van der Waals surface area contributed by atoms with Crippen LogP contribution in [0.1, 0.15) is 0 Å². The zero-order valence-corrected chi connectivity index (χ0v) is 23.5. The smallest absolute Gasteiger partial charge is 0.0626 e. The lowest BCUT2D eigenvalue weighted by molar-refractivity contribution is 1.19. The van der Waals surface area contributed by atoms with E-state index in [0.29, 0.717) is 0 Å². The van der Waals surface area contributed by atoms with Gasteiger partial charge in [0.1, 0.15) is 0 Å². The van der Waals surface area contributed by atoms with Crippen LogP contribution in [0.15, 0.2) is 164 Å². The first-order valence-electron chi connectivity index (χ1n) is 14.9. The van der Waals surface area contributed by atoms with E-state index < -0.39 is 0 Å². The number of benzene rings is 8. The van der Waals surface area contributed by atoms with E-state index in [9.17, 15) is 0 Å². The van der Waals surface area contributed by atoms with Crippen molar-refractivity contribution in [3.8, 4) is 27.9 Å². The maximum absolute atomic E-state index is 2.52. The van der Waals surface area contributed by atoms with Crippen molar-refractivity contribution in [2.45, 2.75) is 0 Å². The Labute approximate surface area is 249 Å². The van der Waals surface area contributed by atoms with Crippen LogP contribution in [0.3, 0.4) is 0 Å². The molecule has 0 aliphatic heterocycles. The second kappa shape index (κ2) is 9.44. The summed E-state index contributed by atoms with van der Waals surface area (Å²) in [6.45, 7) is 0.